The lowest BCUT2D eigenvalue weighted by atomic mass is 9.95. The molecular weight excluding hydrogens is 845 g/mol. The van der Waals surface area contributed by atoms with Crippen LogP contribution in [0, 0.1) is 0 Å². The summed E-state index contributed by atoms with van der Waals surface area (Å²) in [5.74, 6) is 1.73. The molecule has 0 aliphatic rings. The molecule has 0 saturated heterocycles. The zero-order valence-electron chi connectivity index (χ0n) is 37.0. The fourth-order valence-corrected chi connectivity index (χ4v) is 10.3. The average Bonchev–Trinajstić information content (AvgIpc) is 4.11. The lowest BCUT2D eigenvalue weighted by Crippen LogP contribution is -2.07. The molecule has 0 atom stereocenters. The van der Waals surface area contributed by atoms with Crippen molar-refractivity contribution in [3.05, 3.63) is 231 Å². The van der Waals surface area contributed by atoms with Crippen LogP contribution in [0.25, 0.3) is 139 Å². The topological polar surface area (TPSA) is 69.9 Å². The number of hydrogen-bond acceptors (Lipinski definition) is 5. The molecule has 0 radical (unpaired) electrons. The highest BCUT2D eigenvalue weighted by Crippen LogP contribution is 2.43. The maximum absolute atomic E-state index is 6.57. The second-order valence-corrected chi connectivity index (χ2v) is 17.5. The van der Waals surface area contributed by atoms with Crippen molar-refractivity contribution in [2.45, 2.75) is 0 Å². The molecule has 6 heteroatoms. The summed E-state index contributed by atoms with van der Waals surface area (Å²) in [6, 6.07) is 80.5. The van der Waals surface area contributed by atoms with Gasteiger partial charge in [0.2, 0.25) is 5.95 Å². The van der Waals surface area contributed by atoms with Gasteiger partial charge < -0.3 is 8.83 Å². The van der Waals surface area contributed by atoms with E-state index in [9.17, 15) is 0 Å². The molecule has 0 amide bonds. The van der Waals surface area contributed by atoms with Crippen LogP contribution in [0.4, 0.5) is 0 Å². The van der Waals surface area contributed by atoms with Crippen LogP contribution in [-0.2, 0) is 0 Å². The van der Waals surface area contributed by atoms with Gasteiger partial charge in [0.1, 0.15) is 22.3 Å². The third-order valence-electron chi connectivity index (χ3n) is 13.5. The first-order valence-electron chi connectivity index (χ1n) is 23.2. The number of fused-ring (bicyclic) bond motifs is 9. The Bertz CT molecular complexity index is 4260. The molecule has 4 aromatic heterocycles. The van der Waals surface area contributed by atoms with Gasteiger partial charge in [0.15, 0.2) is 11.6 Å². The van der Waals surface area contributed by atoms with E-state index in [-0.39, 0.29) is 0 Å². The minimum Gasteiger partial charge on any atom is -0.455 e. The van der Waals surface area contributed by atoms with E-state index < -0.39 is 0 Å². The van der Waals surface area contributed by atoms with E-state index in [0.29, 0.717) is 17.6 Å². The van der Waals surface area contributed by atoms with Gasteiger partial charge in [-0.1, -0.05) is 194 Å². The molecule has 14 rings (SSSR count). The number of nitrogens with zero attached hydrogens (tertiary/aromatic N) is 4. The molecule has 14 aromatic rings. The Hall–Kier alpha value is -9.39. The van der Waals surface area contributed by atoms with Gasteiger partial charge in [-0.15, -0.1) is 0 Å². The van der Waals surface area contributed by atoms with Crippen molar-refractivity contribution in [1.82, 2.24) is 19.5 Å². The molecular formula is C63H38N4O2. The number of benzene rings is 10. The van der Waals surface area contributed by atoms with Crippen molar-refractivity contribution in [2.75, 3.05) is 0 Å². The van der Waals surface area contributed by atoms with E-state index in [1.165, 1.54) is 0 Å². The molecule has 0 fully saturated rings. The molecule has 0 bridgehead atoms. The highest BCUT2D eigenvalue weighted by atomic mass is 16.3. The molecule has 69 heavy (non-hydrogen) atoms. The zero-order valence-corrected chi connectivity index (χ0v) is 37.0. The first kappa shape index (κ1) is 38.8. The summed E-state index contributed by atoms with van der Waals surface area (Å²) < 4.78 is 15.3. The normalized spacial score (nSPS) is 11.8. The fourth-order valence-electron chi connectivity index (χ4n) is 10.3. The van der Waals surface area contributed by atoms with E-state index in [4.69, 9.17) is 23.8 Å². The van der Waals surface area contributed by atoms with Gasteiger partial charge in [0.05, 0.1) is 11.0 Å². The Morgan fingerprint density at radius 2 is 0.725 bits per heavy atom. The summed E-state index contributed by atoms with van der Waals surface area (Å²) in [6.07, 6.45) is 0. The van der Waals surface area contributed by atoms with Gasteiger partial charge in [0, 0.05) is 60.1 Å². The molecule has 0 spiro atoms. The van der Waals surface area contributed by atoms with Crippen LogP contribution in [0.5, 0.6) is 0 Å². The van der Waals surface area contributed by atoms with Crippen molar-refractivity contribution >= 4 is 65.7 Å². The monoisotopic (exact) mass is 882 g/mol. The molecule has 0 aliphatic carbocycles. The fraction of sp³-hybridized carbons (Fsp3) is 0. The highest BCUT2D eigenvalue weighted by Gasteiger charge is 2.23. The lowest BCUT2D eigenvalue weighted by molar-refractivity contribution is 0.669. The smallest absolute Gasteiger partial charge is 0.238 e. The van der Waals surface area contributed by atoms with Crippen LogP contribution in [0.15, 0.2) is 239 Å². The molecule has 6 nitrogen and oxygen atoms in total. The standard InChI is InChI=1S/C63H38N4O2/c1-3-16-39(17-4-1)61-64-62(40-18-5-2-6-19-40)66-63(65-61)67-55-35-34-45(48-28-15-31-53-50-25-8-10-33-57(50)69-60(48)53)38-54(55)51-29-13-26-46(58(51)67)43-22-11-20-41(36-43)42-21-12-23-44(37-42)47-27-14-30-52-49-24-7-9-32-56(49)68-59(47)52/h1-38H. The maximum atomic E-state index is 6.57. The largest absolute Gasteiger partial charge is 0.455 e. The predicted molar refractivity (Wildman–Crippen MR) is 281 cm³/mol. The van der Waals surface area contributed by atoms with E-state index in [0.717, 1.165) is 121 Å². The van der Waals surface area contributed by atoms with Gasteiger partial charge in [-0.05, 0) is 64.2 Å². The van der Waals surface area contributed by atoms with E-state index >= 15 is 0 Å². The van der Waals surface area contributed by atoms with Crippen molar-refractivity contribution in [3.63, 3.8) is 0 Å². The van der Waals surface area contributed by atoms with Crippen molar-refractivity contribution in [1.29, 1.82) is 0 Å². The van der Waals surface area contributed by atoms with Crippen LogP contribution in [0.3, 0.4) is 0 Å². The van der Waals surface area contributed by atoms with E-state index in [1.54, 1.807) is 0 Å². The third kappa shape index (κ3) is 6.38. The van der Waals surface area contributed by atoms with Crippen molar-refractivity contribution < 1.29 is 8.83 Å². The van der Waals surface area contributed by atoms with Gasteiger partial charge in [-0.3, -0.25) is 4.57 Å². The van der Waals surface area contributed by atoms with E-state index in [1.807, 2.05) is 84.9 Å². The zero-order chi connectivity index (χ0) is 45.4. The molecule has 0 saturated carbocycles. The maximum Gasteiger partial charge on any atom is 0.238 e. The van der Waals surface area contributed by atoms with Crippen molar-refractivity contribution in [3.8, 4) is 73.2 Å². The summed E-state index contributed by atoms with van der Waals surface area (Å²) in [7, 11) is 0. The third-order valence-corrected chi connectivity index (χ3v) is 13.5. The molecule has 0 aliphatic heterocycles. The summed E-state index contributed by atoms with van der Waals surface area (Å²) in [6.45, 7) is 0. The first-order valence-corrected chi connectivity index (χ1v) is 23.2. The van der Waals surface area contributed by atoms with Gasteiger partial charge >= 0.3 is 0 Å². The first-order chi connectivity index (χ1) is 34.2. The second kappa shape index (κ2) is 15.6. The Kier molecular flexibility index (Phi) is 8.79. The van der Waals surface area contributed by atoms with E-state index in [2.05, 4.69) is 150 Å². The van der Waals surface area contributed by atoms with Crippen LogP contribution >= 0.6 is 0 Å². The Morgan fingerprint density at radius 1 is 0.290 bits per heavy atom. The number of rotatable bonds is 7. The average molecular weight is 883 g/mol. The quantitative estimate of drug-likeness (QED) is 0.159. The summed E-state index contributed by atoms with van der Waals surface area (Å²) >= 11 is 0. The Morgan fingerprint density at radius 3 is 1.30 bits per heavy atom. The van der Waals surface area contributed by atoms with Crippen LogP contribution in [-0.4, -0.2) is 19.5 Å². The minimum absolute atomic E-state index is 0.533. The minimum atomic E-state index is 0.533. The van der Waals surface area contributed by atoms with Gasteiger partial charge in [-0.2, -0.15) is 9.97 Å². The highest BCUT2D eigenvalue weighted by molar-refractivity contribution is 6.16. The number of aromatic nitrogens is 4. The molecule has 4 heterocycles. The molecule has 0 N–H and O–H groups in total. The van der Waals surface area contributed by atoms with Crippen LogP contribution < -0.4 is 0 Å². The molecule has 0 unspecified atom stereocenters. The lowest BCUT2D eigenvalue weighted by Gasteiger charge is -2.14. The van der Waals surface area contributed by atoms with Gasteiger partial charge in [0.25, 0.3) is 0 Å². The molecule has 10 aromatic carbocycles. The van der Waals surface area contributed by atoms with Crippen molar-refractivity contribution in [2.24, 2.45) is 0 Å². The number of furan rings is 2. The van der Waals surface area contributed by atoms with Crippen LogP contribution in [0.1, 0.15) is 0 Å². The second-order valence-electron chi connectivity index (χ2n) is 17.5. The Labute approximate surface area is 396 Å². The summed E-state index contributed by atoms with van der Waals surface area (Å²) in [4.78, 5) is 15.7. The number of para-hydroxylation sites is 5. The predicted octanol–water partition coefficient (Wildman–Crippen LogP) is 16.8. The number of hydrogen-bond donors (Lipinski definition) is 0. The summed E-state index contributed by atoms with van der Waals surface area (Å²) in [5, 5.41) is 6.58. The van der Waals surface area contributed by atoms with Crippen LogP contribution in [0.2, 0.25) is 0 Å². The SMILES string of the molecule is c1ccc(-c2nc(-c3ccccc3)nc(-n3c4ccc(-c5cccc6c5oc5ccccc56)cc4c4cccc(-c5cccc(-c6cccc(-c7cccc8c7oc7ccccc78)c6)c5)c43)n2)cc1. The Balaban J connectivity index is 0.985. The molecule has 322 valence electrons. The van der Waals surface area contributed by atoms with Gasteiger partial charge in [-0.25, -0.2) is 4.98 Å². The summed E-state index contributed by atoms with van der Waals surface area (Å²) in [5.41, 5.74) is 15.9.